The van der Waals surface area contributed by atoms with Crippen LogP contribution >= 0.6 is 7.82 Å². The molecule has 0 spiro atoms. The Bertz CT molecular complexity index is 1470. The van der Waals surface area contributed by atoms with Gasteiger partial charge >= 0.3 is 17.6 Å². The molecule has 2 unspecified atom stereocenters. The number of nitrogens with zero attached hydrogens (tertiary/aromatic N) is 4. The average Bonchev–Trinajstić information content (AvgIpc) is 3.65. The number of benzene rings is 1. The molecule has 0 aliphatic rings. The molecule has 16 nitrogen and oxygen atoms in total. The molecule has 0 radical (unpaired) electrons. The van der Waals surface area contributed by atoms with Crippen LogP contribution in [0, 0.1) is 10.1 Å². The third kappa shape index (κ3) is 24.4. The number of unbranched alkanes of at least 4 members (excludes halogenated alkanes) is 18. The van der Waals surface area contributed by atoms with E-state index in [-0.39, 0.29) is 37.3 Å². The molecular formula is C40H70N5O11P. The van der Waals surface area contributed by atoms with Crippen molar-refractivity contribution in [1.82, 2.24) is 10.3 Å². The quantitative estimate of drug-likeness (QED) is 0.0170. The highest BCUT2D eigenvalue weighted by Gasteiger charge is 2.22. The van der Waals surface area contributed by atoms with E-state index in [1.165, 1.54) is 51.0 Å². The molecule has 2 atom stereocenters. The van der Waals surface area contributed by atoms with Crippen LogP contribution in [0.5, 0.6) is 0 Å². The SMILES string of the molecule is CCCCCCCCCCCCCC(=O)OCC(COP(=O)([O-])OCC[N+](C)(C)C)OC(=O)CCCCCCCCCCCNc1ccc([N+](=O)[O-])c2nonc12. The van der Waals surface area contributed by atoms with Crippen molar-refractivity contribution >= 4 is 42.2 Å². The fourth-order valence-corrected chi connectivity index (χ4v) is 6.92. The zero-order valence-electron chi connectivity index (χ0n) is 35.1. The predicted molar refractivity (Wildman–Crippen MR) is 217 cm³/mol. The summed E-state index contributed by atoms with van der Waals surface area (Å²) in [5.74, 6) is -0.915. The number of phosphoric ester groups is 1. The molecule has 17 heteroatoms. The van der Waals surface area contributed by atoms with Crippen LogP contribution in [0.25, 0.3) is 11.0 Å². The number of hydrogen-bond donors (Lipinski definition) is 1. The average molecular weight is 828 g/mol. The van der Waals surface area contributed by atoms with Gasteiger partial charge in [-0.2, -0.15) is 0 Å². The lowest BCUT2D eigenvalue weighted by atomic mass is 10.1. The molecule has 0 aliphatic carbocycles. The number of esters is 2. The minimum absolute atomic E-state index is 0.0569. The van der Waals surface area contributed by atoms with E-state index in [9.17, 15) is 29.2 Å². The maximum atomic E-state index is 12.7. The fourth-order valence-electron chi connectivity index (χ4n) is 6.19. The number of carbonyl (C=O) groups is 2. The molecule has 0 aliphatic heterocycles. The molecule has 2 aromatic rings. The minimum Gasteiger partial charge on any atom is -0.756 e. The number of nitro groups is 1. The number of carbonyl (C=O) groups excluding carboxylic acids is 2. The number of nitrogens with one attached hydrogen (secondary N) is 1. The Hall–Kier alpha value is -3.17. The van der Waals surface area contributed by atoms with Crippen LogP contribution in [-0.2, 0) is 32.7 Å². The summed E-state index contributed by atoms with van der Waals surface area (Å²) in [6.45, 7) is 2.52. The number of fused-ring (bicyclic) bond motifs is 1. The van der Waals surface area contributed by atoms with Crippen molar-refractivity contribution in [2.45, 2.75) is 154 Å². The van der Waals surface area contributed by atoms with E-state index in [1.54, 1.807) is 6.07 Å². The highest BCUT2D eigenvalue weighted by atomic mass is 31.2. The first-order valence-corrected chi connectivity index (χ1v) is 22.7. The summed E-state index contributed by atoms with van der Waals surface area (Å²) in [4.78, 5) is 48.2. The first kappa shape index (κ1) is 50.0. The summed E-state index contributed by atoms with van der Waals surface area (Å²) in [5, 5.41) is 21.9. The molecule has 2 rings (SSSR count). The smallest absolute Gasteiger partial charge is 0.306 e. The van der Waals surface area contributed by atoms with E-state index in [0.717, 1.165) is 70.6 Å². The van der Waals surface area contributed by atoms with Gasteiger partial charge < -0.3 is 33.2 Å². The second-order valence-electron chi connectivity index (χ2n) is 15.9. The molecule has 0 saturated heterocycles. The Kier molecular flexibility index (Phi) is 25.5. The molecule has 326 valence electrons. The van der Waals surface area contributed by atoms with Crippen LogP contribution in [0.1, 0.15) is 148 Å². The zero-order valence-corrected chi connectivity index (χ0v) is 35.9. The largest absolute Gasteiger partial charge is 0.756 e. The number of hydrogen-bond acceptors (Lipinski definition) is 14. The second-order valence-corrected chi connectivity index (χ2v) is 17.3. The number of quaternary nitrogens is 1. The summed E-state index contributed by atoms with van der Waals surface area (Å²) >= 11 is 0. The van der Waals surface area contributed by atoms with Gasteiger partial charge in [0.05, 0.1) is 38.4 Å². The number of likely N-dealkylation sites (N-methyl/N-ethyl adjacent to an activating group) is 1. The maximum absolute atomic E-state index is 12.7. The van der Waals surface area contributed by atoms with Crippen molar-refractivity contribution in [2.75, 3.05) is 59.4 Å². The lowest BCUT2D eigenvalue weighted by molar-refractivity contribution is -0.870. The van der Waals surface area contributed by atoms with Gasteiger partial charge in [-0.05, 0) is 35.6 Å². The third-order valence-corrected chi connectivity index (χ3v) is 10.6. The summed E-state index contributed by atoms with van der Waals surface area (Å²) < 4.78 is 38.5. The van der Waals surface area contributed by atoms with Crippen LogP contribution in [0.15, 0.2) is 16.8 Å². The van der Waals surface area contributed by atoms with Crippen LogP contribution < -0.4 is 10.2 Å². The molecule has 0 amide bonds. The topological polar surface area (TPSA) is 205 Å². The summed E-state index contributed by atoms with van der Waals surface area (Å²) in [6.07, 6.45) is 20.9. The van der Waals surface area contributed by atoms with Crippen molar-refractivity contribution in [1.29, 1.82) is 0 Å². The third-order valence-electron chi connectivity index (χ3n) is 9.61. The number of anilines is 1. The number of rotatable bonds is 36. The zero-order chi connectivity index (χ0) is 41.8. The number of nitro benzene ring substituents is 1. The van der Waals surface area contributed by atoms with Gasteiger partial charge in [-0.15, -0.1) is 0 Å². The van der Waals surface area contributed by atoms with Crippen LogP contribution in [0.3, 0.4) is 0 Å². The molecule has 1 N–H and O–H groups in total. The molecule has 0 bridgehead atoms. The Balaban J connectivity index is 1.61. The summed E-state index contributed by atoms with van der Waals surface area (Å²) in [5.41, 5.74) is 0.991. The van der Waals surface area contributed by atoms with Gasteiger partial charge in [-0.25, -0.2) is 4.63 Å². The molecule has 1 heterocycles. The Morgan fingerprint density at radius 2 is 1.30 bits per heavy atom. The van der Waals surface area contributed by atoms with Gasteiger partial charge in [0.25, 0.3) is 7.82 Å². The van der Waals surface area contributed by atoms with E-state index in [4.69, 9.17) is 23.2 Å². The van der Waals surface area contributed by atoms with Gasteiger partial charge in [0.15, 0.2) is 11.6 Å². The minimum atomic E-state index is -4.66. The molecule has 57 heavy (non-hydrogen) atoms. The van der Waals surface area contributed by atoms with E-state index < -0.39 is 37.4 Å². The van der Waals surface area contributed by atoms with Crippen LogP contribution in [0.4, 0.5) is 11.4 Å². The lowest BCUT2D eigenvalue weighted by Gasteiger charge is -2.28. The van der Waals surface area contributed by atoms with Gasteiger partial charge in [0.2, 0.25) is 5.52 Å². The summed E-state index contributed by atoms with van der Waals surface area (Å²) in [6, 6.07) is 3.01. The predicted octanol–water partition coefficient (Wildman–Crippen LogP) is 8.81. The Morgan fingerprint density at radius 3 is 1.86 bits per heavy atom. The van der Waals surface area contributed by atoms with Crippen molar-refractivity contribution in [3.05, 3.63) is 22.2 Å². The maximum Gasteiger partial charge on any atom is 0.306 e. The van der Waals surface area contributed by atoms with Crippen molar-refractivity contribution < 1.29 is 51.6 Å². The molecule has 0 fully saturated rings. The van der Waals surface area contributed by atoms with E-state index in [0.29, 0.717) is 41.6 Å². The van der Waals surface area contributed by atoms with E-state index in [2.05, 4.69) is 22.6 Å². The molecular weight excluding hydrogens is 757 g/mol. The number of phosphoric acid groups is 1. The van der Waals surface area contributed by atoms with E-state index in [1.807, 2.05) is 21.1 Å². The fraction of sp³-hybridized carbons (Fsp3) is 0.800. The standard InChI is InChI=1S/C40H70N5O11P/c1-5-6-7-8-9-10-11-13-16-19-22-25-37(46)52-32-34(33-54-57(50,51)53-31-30-45(2,3)4)55-38(47)26-23-20-17-14-12-15-18-21-24-29-41-35-27-28-36(44(48)49)40-39(35)42-56-43-40/h27-28,34H,5-26,29-33H2,1-4H3,(H-,41,43,50,51). The van der Waals surface area contributed by atoms with Crippen molar-refractivity contribution in [2.24, 2.45) is 0 Å². The molecule has 0 saturated carbocycles. The van der Waals surface area contributed by atoms with Crippen LogP contribution in [-0.4, -0.2) is 91.8 Å². The number of non-ortho nitro benzene ring substituents is 1. The van der Waals surface area contributed by atoms with Crippen LogP contribution in [0.2, 0.25) is 0 Å². The van der Waals surface area contributed by atoms with Gasteiger partial charge in [-0.1, -0.05) is 116 Å². The first-order valence-electron chi connectivity index (χ1n) is 21.2. The highest BCUT2D eigenvalue weighted by molar-refractivity contribution is 7.45. The molecule has 1 aromatic carbocycles. The first-order chi connectivity index (χ1) is 27.3. The van der Waals surface area contributed by atoms with E-state index >= 15 is 0 Å². The normalized spacial score (nSPS) is 13.4. The Morgan fingerprint density at radius 1 is 0.772 bits per heavy atom. The number of aromatic nitrogens is 2. The lowest BCUT2D eigenvalue weighted by Crippen LogP contribution is -2.37. The summed E-state index contributed by atoms with van der Waals surface area (Å²) in [7, 11) is 1.07. The Labute approximate surface area is 339 Å². The second kappa shape index (κ2) is 29.1. The monoisotopic (exact) mass is 827 g/mol. The number of ether oxygens (including phenoxy) is 2. The highest BCUT2D eigenvalue weighted by Crippen LogP contribution is 2.38. The van der Waals surface area contributed by atoms with Gasteiger partial charge in [0.1, 0.15) is 19.8 Å². The molecule has 1 aromatic heterocycles. The van der Waals surface area contributed by atoms with Gasteiger partial charge in [0, 0.05) is 25.5 Å². The van der Waals surface area contributed by atoms with Gasteiger partial charge in [-0.3, -0.25) is 24.3 Å². The van der Waals surface area contributed by atoms with Crippen molar-refractivity contribution in [3.63, 3.8) is 0 Å². The van der Waals surface area contributed by atoms with Crippen molar-refractivity contribution in [3.8, 4) is 0 Å².